The summed E-state index contributed by atoms with van der Waals surface area (Å²) in [4.78, 5) is 0. The largest absolute Gasteiger partial charge is 0.376 e. The molecule has 0 bridgehead atoms. The van der Waals surface area contributed by atoms with Crippen molar-refractivity contribution >= 4 is 0 Å². The Balaban J connectivity index is 3.60. The van der Waals surface area contributed by atoms with Crippen LogP contribution in [0.5, 0.6) is 0 Å². The van der Waals surface area contributed by atoms with Crippen LogP contribution in [0.15, 0.2) is 12.7 Å². The molecule has 0 aliphatic rings. The lowest BCUT2D eigenvalue weighted by atomic mass is 10.3. The molecule has 0 spiro atoms. The van der Waals surface area contributed by atoms with Crippen LogP contribution >= 0.6 is 0 Å². The van der Waals surface area contributed by atoms with Gasteiger partial charge in [-0.05, 0) is 27.7 Å². The summed E-state index contributed by atoms with van der Waals surface area (Å²) in [5, 5.41) is 0. The number of ether oxygens (including phenoxy) is 2. The zero-order chi connectivity index (χ0) is 9.56. The molecule has 1 unspecified atom stereocenters. The Morgan fingerprint density at radius 2 is 1.75 bits per heavy atom. The average molecular weight is 172 g/mol. The quantitative estimate of drug-likeness (QED) is 0.573. The standard InChI is InChI=1S/C10H20O2/c1-6-10(12-9(4)5)7-11-8(2)3/h6,8-10H,1,7H2,2-5H3. The van der Waals surface area contributed by atoms with Crippen molar-refractivity contribution in [2.75, 3.05) is 6.61 Å². The van der Waals surface area contributed by atoms with Crippen LogP contribution in [0.1, 0.15) is 27.7 Å². The predicted molar refractivity (Wildman–Crippen MR) is 51.3 cm³/mol. The van der Waals surface area contributed by atoms with Gasteiger partial charge in [0.05, 0.1) is 24.9 Å². The van der Waals surface area contributed by atoms with Crippen LogP contribution in [0.4, 0.5) is 0 Å². The van der Waals surface area contributed by atoms with E-state index in [-0.39, 0.29) is 18.3 Å². The maximum absolute atomic E-state index is 5.51. The van der Waals surface area contributed by atoms with Crippen LogP contribution in [0.25, 0.3) is 0 Å². The topological polar surface area (TPSA) is 18.5 Å². The molecule has 0 heterocycles. The van der Waals surface area contributed by atoms with Crippen molar-refractivity contribution in [3.8, 4) is 0 Å². The van der Waals surface area contributed by atoms with Gasteiger partial charge in [0.1, 0.15) is 0 Å². The van der Waals surface area contributed by atoms with Gasteiger partial charge >= 0.3 is 0 Å². The number of hydrogen-bond donors (Lipinski definition) is 0. The van der Waals surface area contributed by atoms with E-state index in [4.69, 9.17) is 9.47 Å². The summed E-state index contributed by atoms with van der Waals surface area (Å²) in [6.07, 6.45) is 2.28. The predicted octanol–water partition coefficient (Wildman–Crippen LogP) is 2.39. The van der Waals surface area contributed by atoms with Gasteiger partial charge in [0.15, 0.2) is 0 Å². The lowest BCUT2D eigenvalue weighted by Crippen LogP contribution is -2.22. The van der Waals surface area contributed by atoms with E-state index in [1.807, 2.05) is 27.7 Å². The van der Waals surface area contributed by atoms with Crippen molar-refractivity contribution in [2.45, 2.75) is 46.0 Å². The van der Waals surface area contributed by atoms with E-state index in [2.05, 4.69) is 6.58 Å². The normalized spacial score (nSPS) is 13.8. The van der Waals surface area contributed by atoms with Gasteiger partial charge in [0.2, 0.25) is 0 Å². The van der Waals surface area contributed by atoms with Gasteiger partial charge in [-0.2, -0.15) is 0 Å². The van der Waals surface area contributed by atoms with E-state index in [9.17, 15) is 0 Å². The van der Waals surface area contributed by atoms with Crippen molar-refractivity contribution in [1.82, 2.24) is 0 Å². The second kappa shape index (κ2) is 6.21. The summed E-state index contributed by atoms with van der Waals surface area (Å²) in [7, 11) is 0. The van der Waals surface area contributed by atoms with Crippen molar-refractivity contribution in [3.63, 3.8) is 0 Å². The molecular weight excluding hydrogens is 152 g/mol. The molecule has 2 nitrogen and oxygen atoms in total. The monoisotopic (exact) mass is 172 g/mol. The van der Waals surface area contributed by atoms with Gasteiger partial charge in [-0.25, -0.2) is 0 Å². The first-order chi connectivity index (χ1) is 5.56. The molecule has 0 fully saturated rings. The fourth-order valence-corrected chi connectivity index (χ4v) is 0.800. The first-order valence-electron chi connectivity index (χ1n) is 4.46. The SMILES string of the molecule is C=CC(COC(C)C)OC(C)C. The Kier molecular flexibility index (Phi) is 6.03. The van der Waals surface area contributed by atoms with Gasteiger partial charge in [0.25, 0.3) is 0 Å². The van der Waals surface area contributed by atoms with Crippen molar-refractivity contribution in [1.29, 1.82) is 0 Å². The van der Waals surface area contributed by atoms with E-state index in [0.717, 1.165) is 0 Å². The molecule has 0 aromatic rings. The van der Waals surface area contributed by atoms with Crippen molar-refractivity contribution in [3.05, 3.63) is 12.7 Å². The summed E-state index contributed by atoms with van der Waals surface area (Å²) in [5.41, 5.74) is 0. The first kappa shape index (κ1) is 11.7. The third-order valence-corrected chi connectivity index (χ3v) is 1.30. The van der Waals surface area contributed by atoms with Gasteiger partial charge < -0.3 is 9.47 Å². The lowest BCUT2D eigenvalue weighted by Gasteiger charge is -2.18. The minimum atomic E-state index is 0.0207. The molecule has 0 N–H and O–H groups in total. The van der Waals surface area contributed by atoms with E-state index in [0.29, 0.717) is 6.61 Å². The summed E-state index contributed by atoms with van der Waals surface area (Å²) < 4.78 is 10.9. The highest BCUT2D eigenvalue weighted by molar-refractivity contribution is 4.80. The molecule has 1 atom stereocenters. The zero-order valence-corrected chi connectivity index (χ0v) is 8.54. The maximum Gasteiger partial charge on any atom is 0.0990 e. The maximum atomic E-state index is 5.51. The Morgan fingerprint density at radius 3 is 2.08 bits per heavy atom. The van der Waals surface area contributed by atoms with Crippen molar-refractivity contribution in [2.24, 2.45) is 0 Å². The Labute approximate surface area is 75.6 Å². The average Bonchev–Trinajstić information content (AvgIpc) is 1.97. The summed E-state index contributed by atoms with van der Waals surface area (Å²) >= 11 is 0. The Bertz CT molecular complexity index is 119. The van der Waals surface area contributed by atoms with Crippen LogP contribution in [-0.2, 0) is 9.47 Å². The smallest absolute Gasteiger partial charge is 0.0990 e. The summed E-state index contributed by atoms with van der Waals surface area (Å²) in [6, 6.07) is 0. The fraction of sp³-hybridized carbons (Fsp3) is 0.800. The van der Waals surface area contributed by atoms with Gasteiger partial charge in [-0.15, -0.1) is 6.58 Å². The molecule has 2 heteroatoms. The molecule has 0 radical (unpaired) electrons. The van der Waals surface area contributed by atoms with E-state index < -0.39 is 0 Å². The van der Waals surface area contributed by atoms with Gasteiger partial charge in [0, 0.05) is 0 Å². The fourth-order valence-electron chi connectivity index (χ4n) is 0.800. The summed E-state index contributed by atoms with van der Waals surface area (Å²) in [5.74, 6) is 0. The molecule has 0 amide bonds. The Hall–Kier alpha value is -0.340. The van der Waals surface area contributed by atoms with Crippen LogP contribution in [0, 0.1) is 0 Å². The second-order valence-electron chi connectivity index (χ2n) is 3.34. The van der Waals surface area contributed by atoms with Crippen LogP contribution < -0.4 is 0 Å². The lowest BCUT2D eigenvalue weighted by molar-refractivity contribution is -0.0363. The molecular formula is C10H20O2. The molecule has 0 aliphatic carbocycles. The van der Waals surface area contributed by atoms with E-state index in [1.54, 1.807) is 6.08 Å². The van der Waals surface area contributed by atoms with E-state index in [1.165, 1.54) is 0 Å². The van der Waals surface area contributed by atoms with Crippen molar-refractivity contribution < 1.29 is 9.47 Å². The number of hydrogen-bond acceptors (Lipinski definition) is 2. The molecule has 72 valence electrons. The first-order valence-corrected chi connectivity index (χ1v) is 4.46. The third kappa shape index (κ3) is 6.38. The highest BCUT2D eigenvalue weighted by Crippen LogP contribution is 2.01. The molecule has 0 aliphatic heterocycles. The third-order valence-electron chi connectivity index (χ3n) is 1.30. The van der Waals surface area contributed by atoms with Gasteiger partial charge in [-0.1, -0.05) is 6.08 Å². The van der Waals surface area contributed by atoms with Gasteiger partial charge in [-0.3, -0.25) is 0 Å². The highest BCUT2D eigenvalue weighted by atomic mass is 16.5. The molecule has 0 saturated heterocycles. The molecule has 12 heavy (non-hydrogen) atoms. The molecule has 0 aromatic heterocycles. The van der Waals surface area contributed by atoms with Crippen LogP contribution in [0.2, 0.25) is 0 Å². The molecule has 0 rings (SSSR count). The minimum Gasteiger partial charge on any atom is -0.376 e. The highest BCUT2D eigenvalue weighted by Gasteiger charge is 2.07. The molecule has 0 saturated carbocycles. The van der Waals surface area contributed by atoms with Crippen LogP contribution in [-0.4, -0.2) is 24.9 Å². The van der Waals surface area contributed by atoms with Crippen LogP contribution in [0.3, 0.4) is 0 Å². The Morgan fingerprint density at radius 1 is 1.17 bits per heavy atom. The van der Waals surface area contributed by atoms with E-state index >= 15 is 0 Å². The zero-order valence-electron chi connectivity index (χ0n) is 8.54. The molecule has 0 aromatic carbocycles. The minimum absolute atomic E-state index is 0.0207. The summed E-state index contributed by atoms with van der Waals surface area (Å²) in [6.45, 7) is 12.3. The second-order valence-corrected chi connectivity index (χ2v) is 3.34. The number of rotatable bonds is 6.